The number of esters is 1. The van der Waals surface area contributed by atoms with E-state index in [9.17, 15) is 9.59 Å². The summed E-state index contributed by atoms with van der Waals surface area (Å²) in [6.45, 7) is 2.73. The summed E-state index contributed by atoms with van der Waals surface area (Å²) in [5.74, 6) is 0.243. The van der Waals surface area contributed by atoms with E-state index in [4.69, 9.17) is 4.74 Å². The van der Waals surface area contributed by atoms with Crippen LogP contribution in [0.25, 0.3) is 0 Å². The monoisotopic (exact) mass is 264 g/mol. The van der Waals surface area contributed by atoms with Gasteiger partial charge in [0, 0.05) is 25.2 Å². The topological polar surface area (TPSA) is 68.7 Å². The highest BCUT2D eigenvalue weighted by Gasteiger charge is 2.36. The zero-order chi connectivity index (χ0) is 13.8. The number of aromatic nitrogens is 1. The summed E-state index contributed by atoms with van der Waals surface area (Å²) in [6, 6.07) is 3.42. The molecule has 19 heavy (non-hydrogen) atoms. The fourth-order valence-corrected chi connectivity index (χ4v) is 2.06. The first-order chi connectivity index (χ1) is 9.15. The number of methoxy groups -OCH3 is 1. The number of pyridine rings is 1. The van der Waals surface area contributed by atoms with Crippen molar-refractivity contribution in [1.82, 2.24) is 4.98 Å². The van der Waals surface area contributed by atoms with Gasteiger partial charge >= 0.3 is 5.97 Å². The van der Waals surface area contributed by atoms with Gasteiger partial charge in [-0.3, -0.25) is 14.5 Å². The Hall–Kier alpha value is -2.11. The van der Waals surface area contributed by atoms with Gasteiger partial charge in [0.2, 0.25) is 5.91 Å². The van der Waals surface area contributed by atoms with Gasteiger partial charge in [-0.05, 0) is 13.0 Å². The van der Waals surface area contributed by atoms with Crippen LogP contribution in [0.5, 0.6) is 5.75 Å². The third-order valence-corrected chi connectivity index (χ3v) is 2.96. The second-order valence-corrected chi connectivity index (χ2v) is 4.21. The van der Waals surface area contributed by atoms with Crippen LogP contribution in [-0.2, 0) is 14.3 Å². The Morgan fingerprint density at radius 2 is 2.37 bits per heavy atom. The van der Waals surface area contributed by atoms with E-state index in [1.54, 1.807) is 18.3 Å². The number of ether oxygens (including phenoxy) is 2. The highest BCUT2D eigenvalue weighted by atomic mass is 16.5. The molecule has 1 aliphatic rings. The largest absolute Gasteiger partial charge is 0.494 e. The second kappa shape index (κ2) is 5.69. The molecule has 1 aliphatic heterocycles. The minimum Gasteiger partial charge on any atom is -0.494 e. The van der Waals surface area contributed by atoms with Crippen molar-refractivity contribution < 1.29 is 19.1 Å². The SMILES string of the molecule is CCOc1ccnc(N2CC(C(=O)OC)CC2=O)c1. The van der Waals surface area contributed by atoms with Crippen LogP contribution in [0.4, 0.5) is 5.82 Å². The quantitative estimate of drug-likeness (QED) is 0.759. The zero-order valence-corrected chi connectivity index (χ0v) is 11.0. The van der Waals surface area contributed by atoms with Gasteiger partial charge in [-0.15, -0.1) is 0 Å². The highest BCUT2D eigenvalue weighted by molar-refractivity contribution is 5.98. The van der Waals surface area contributed by atoms with Gasteiger partial charge in [-0.1, -0.05) is 0 Å². The van der Waals surface area contributed by atoms with Crippen molar-refractivity contribution in [2.45, 2.75) is 13.3 Å². The molecule has 1 saturated heterocycles. The van der Waals surface area contributed by atoms with Crippen LogP contribution in [0, 0.1) is 5.92 Å². The maximum atomic E-state index is 11.9. The molecule has 6 heteroatoms. The normalized spacial score (nSPS) is 18.5. The standard InChI is InChI=1S/C13H16N2O4/c1-3-19-10-4-5-14-11(7-10)15-8-9(6-12(15)16)13(17)18-2/h4-5,7,9H,3,6,8H2,1-2H3. The molecule has 1 aromatic heterocycles. The summed E-state index contributed by atoms with van der Waals surface area (Å²) >= 11 is 0. The molecule has 6 nitrogen and oxygen atoms in total. The average Bonchev–Trinajstić information content (AvgIpc) is 2.81. The maximum Gasteiger partial charge on any atom is 0.311 e. The highest BCUT2D eigenvalue weighted by Crippen LogP contribution is 2.26. The average molecular weight is 264 g/mol. The fraction of sp³-hybridized carbons (Fsp3) is 0.462. The lowest BCUT2D eigenvalue weighted by Gasteiger charge is -2.15. The molecule has 0 N–H and O–H groups in total. The van der Waals surface area contributed by atoms with E-state index in [-0.39, 0.29) is 18.3 Å². The molecule has 1 fully saturated rings. The van der Waals surface area contributed by atoms with Gasteiger partial charge in [0.15, 0.2) is 0 Å². The van der Waals surface area contributed by atoms with Crippen LogP contribution >= 0.6 is 0 Å². The minimum absolute atomic E-state index is 0.128. The molecule has 1 atom stereocenters. The van der Waals surface area contributed by atoms with Crippen LogP contribution in [0.3, 0.4) is 0 Å². The van der Waals surface area contributed by atoms with Crippen LogP contribution in [0.1, 0.15) is 13.3 Å². The van der Waals surface area contributed by atoms with E-state index in [0.29, 0.717) is 24.7 Å². The third kappa shape index (κ3) is 2.83. The number of nitrogens with zero attached hydrogens (tertiary/aromatic N) is 2. The van der Waals surface area contributed by atoms with Crippen molar-refractivity contribution in [1.29, 1.82) is 0 Å². The molecule has 0 saturated carbocycles. The Morgan fingerprint density at radius 1 is 1.58 bits per heavy atom. The van der Waals surface area contributed by atoms with Gasteiger partial charge < -0.3 is 9.47 Å². The Morgan fingerprint density at radius 3 is 3.05 bits per heavy atom. The number of hydrogen-bond acceptors (Lipinski definition) is 5. The summed E-state index contributed by atoms with van der Waals surface area (Å²) in [5.41, 5.74) is 0. The number of carbonyl (C=O) groups excluding carboxylic acids is 2. The Kier molecular flexibility index (Phi) is 3.99. The first-order valence-corrected chi connectivity index (χ1v) is 6.12. The molecule has 0 aliphatic carbocycles. The number of rotatable bonds is 4. The van der Waals surface area contributed by atoms with Crippen molar-refractivity contribution in [2.24, 2.45) is 5.92 Å². The van der Waals surface area contributed by atoms with Crippen molar-refractivity contribution in [3.63, 3.8) is 0 Å². The number of hydrogen-bond donors (Lipinski definition) is 0. The zero-order valence-electron chi connectivity index (χ0n) is 11.0. The van der Waals surface area contributed by atoms with E-state index in [1.807, 2.05) is 6.92 Å². The smallest absolute Gasteiger partial charge is 0.311 e. The molecule has 1 unspecified atom stereocenters. The number of amides is 1. The predicted molar refractivity (Wildman–Crippen MR) is 67.9 cm³/mol. The second-order valence-electron chi connectivity index (χ2n) is 4.21. The van der Waals surface area contributed by atoms with Crippen molar-refractivity contribution >= 4 is 17.7 Å². The van der Waals surface area contributed by atoms with Crippen molar-refractivity contribution in [3.8, 4) is 5.75 Å². The molecule has 1 aromatic rings. The fourth-order valence-electron chi connectivity index (χ4n) is 2.06. The van der Waals surface area contributed by atoms with E-state index < -0.39 is 5.92 Å². The molecular weight excluding hydrogens is 248 g/mol. The third-order valence-electron chi connectivity index (χ3n) is 2.96. The lowest BCUT2D eigenvalue weighted by Crippen LogP contribution is -2.27. The first kappa shape index (κ1) is 13.3. The summed E-state index contributed by atoms with van der Waals surface area (Å²) in [5, 5.41) is 0. The molecule has 0 spiro atoms. The summed E-state index contributed by atoms with van der Waals surface area (Å²) < 4.78 is 10.0. The van der Waals surface area contributed by atoms with E-state index in [1.165, 1.54) is 12.0 Å². The van der Waals surface area contributed by atoms with Crippen LogP contribution < -0.4 is 9.64 Å². The molecule has 1 amide bonds. The van der Waals surface area contributed by atoms with Crippen LogP contribution in [0.2, 0.25) is 0 Å². The van der Waals surface area contributed by atoms with E-state index in [0.717, 1.165) is 0 Å². The molecule has 0 radical (unpaired) electrons. The summed E-state index contributed by atoms with van der Waals surface area (Å²) in [4.78, 5) is 29.0. The number of carbonyl (C=O) groups is 2. The Bertz CT molecular complexity index is 489. The molecule has 0 bridgehead atoms. The van der Waals surface area contributed by atoms with Gasteiger partial charge in [-0.2, -0.15) is 0 Å². The molecule has 2 rings (SSSR count). The van der Waals surface area contributed by atoms with Gasteiger partial charge in [0.1, 0.15) is 11.6 Å². The lowest BCUT2D eigenvalue weighted by atomic mass is 10.1. The van der Waals surface area contributed by atoms with E-state index >= 15 is 0 Å². The first-order valence-electron chi connectivity index (χ1n) is 6.12. The minimum atomic E-state index is -0.421. The summed E-state index contributed by atoms with van der Waals surface area (Å²) in [6.07, 6.45) is 1.74. The van der Waals surface area contributed by atoms with Crippen molar-refractivity contribution in [2.75, 3.05) is 25.2 Å². The summed E-state index contributed by atoms with van der Waals surface area (Å²) in [7, 11) is 1.32. The molecule has 102 valence electrons. The Balaban J connectivity index is 2.16. The molecular formula is C13H16N2O4. The van der Waals surface area contributed by atoms with Gasteiger partial charge in [0.25, 0.3) is 0 Å². The van der Waals surface area contributed by atoms with Crippen molar-refractivity contribution in [3.05, 3.63) is 18.3 Å². The predicted octanol–water partition coefficient (Wildman–Crippen LogP) is 1.01. The number of anilines is 1. The maximum absolute atomic E-state index is 11.9. The van der Waals surface area contributed by atoms with Crippen LogP contribution in [-0.4, -0.2) is 37.1 Å². The lowest BCUT2D eigenvalue weighted by molar-refractivity contribution is -0.145. The molecule has 2 heterocycles. The molecule has 0 aromatic carbocycles. The van der Waals surface area contributed by atoms with E-state index in [2.05, 4.69) is 9.72 Å². The van der Waals surface area contributed by atoms with Gasteiger partial charge in [-0.25, -0.2) is 4.98 Å². The van der Waals surface area contributed by atoms with Crippen LogP contribution in [0.15, 0.2) is 18.3 Å². The Labute approximate surface area is 111 Å². The van der Waals surface area contributed by atoms with Gasteiger partial charge in [0.05, 0.1) is 19.6 Å².